The van der Waals surface area contributed by atoms with Gasteiger partial charge in [0.25, 0.3) is 0 Å². The minimum absolute atomic E-state index is 0.746. The molecule has 0 fully saturated rings. The van der Waals surface area contributed by atoms with Gasteiger partial charge in [0.2, 0.25) is 0 Å². The molecule has 0 atom stereocenters. The molecule has 0 bridgehead atoms. The number of allylic oxidation sites excluding steroid dienone is 1. The van der Waals surface area contributed by atoms with Crippen molar-refractivity contribution in [2.45, 2.75) is 4.90 Å². The lowest BCUT2D eigenvalue weighted by Gasteiger charge is -2.19. The summed E-state index contributed by atoms with van der Waals surface area (Å²) in [6.45, 7) is 0. The summed E-state index contributed by atoms with van der Waals surface area (Å²) in [5.74, 6) is 0. The number of rotatable bonds is 1. The molecule has 0 aliphatic carbocycles. The third-order valence-corrected chi connectivity index (χ3v) is 3.78. The second-order valence-electron chi connectivity index (χ2n) is 2.70. The van der Waals surface area contributed by atoms with Gasteiger partial charge in [0.05, 0.1) is 10.7 Å². The first-order valence-corrected chi connectivity index (χ1v) is 6.11. The highest BCUT2D eigenvalue weighted by atomic mass is 32.2. The Morgan fingerprint density at radius 1 is 1.43 bits per heavy atom. The van der Waals surface area contributed by atoms with E-state index in [1.165, 1.54) is 11.8 Å². The van der Waals surface area contributed by atoms with Gasteiger partial charge in [-0.1, -0.05) is 23.9 Å². The maximum absolute atomic E-state index is 8.94. The van der Waals surface area contributed by atoms with Crippen LogP contribution in [-0.2, 0) is 0 Å². The Balaban J connectivity index is 2.41. The quantitative estimate of drug-likeness (QED) is 0.788. The molecule has 1 N–H and O–H groups in total. The molecule has 1 aromatic rings. The standard InChI is InChI=1S/C10H8N2S2/c1-13-10-9(6-11)14-8-5-3-2-4-7(8)12-10/h2-5,12H,1H3. The highest BCUT2D eigenvalue weighted by Gasteiger charge is 2.16. The van der Waals surface area contributed by atoms with E-state index < -0.39 is 0 Å². The summed E-state index contributed by atoms with van der Waals surface area (Å²) < 4.78 is 0. The van der Waals surface area contributed by atoms with Crippen LogP contribution in [0.25, 0.3) is 0 Å². The van der Waals surface area contributed by atoms with Crippen molar-refractivity contribution in [2.75, 3.05) is 11.6 Å². The highest BCUT2D eigenvalue weighted by molar-refractivity contribution is 8.07. The van der Waals surface area contributed by atoms with E-state index in [2.05, 4.69) is 11.4 Å². The number of nitrogens with zero attached hydrogens (tertiary/aromatic N) is 1. The number of fused-ring (bicyclic) bond motifs is 1. The van der Waals surface area contributed by atoms with E-state index in [-0.39, 0.29) is 0 Å². The molecule has 1 aromatic carbocycles. The van der Waals surface area contributed by atoms with E-state index in [0.717, 1.165) is 20.5 Å². The molecule has 0 radical (unpaired) electrons. The first-order valence-electron chi connectivity index (χ1n) is 4.07. The average Bonchev–Trinajstić information content (AvgIpc) is 2.27. The Kier molecular flexibility index (Phi) is 2.71. The fraction of sp³-hybridized carbons (Fsp3) is 0.100. The number of anilines is 1. The number of hydrogen-bond donors (Lipinski definition) is 1. The Hall–Kier alpha value is -1.05. The van der Waals surface area contributed by atoms with Crippen LogP contribution in [0.1, 0.15) is 0 Å². The number of nitriles is 1. The van der Waals surface area contributed by atoms with Gasteiger partial charge in [-0.2, -0.15) is 5.26 Å². The third-order valence-electron chi connectivity index (χ3n) is 1.86. The maximum Gasteiger partial charge on any atom is 0.120 e. The molecule has 0 saturated carbocycles. The SMILES string of the molecule is CSC1=C(C#N)Sc2ccccc2N1. The van der Waals surface area contributed by atoms with Crippen LogP contribution >= 0.6 is 23.5 Å². The normalized spacial score (nSPS) is 14.3. The van der Waals surface area contributed by atoms with Gasteiger partial charge in [-0.3, -0.25) is 0 Å². The molecule has 0 spiro atoms. The van der Waals surface area contributed by atoms with Crippen LogP contribution in [0.15, 0.2) is 39.1 Å². The molecule has 1 aliphatic rings. The van der Waals surface area contributed by atoms with E-state index in [0.29, 0.717) is 0 Å². The Morgan fingerprint density at radius 3 is 2.93 bits per heavy atom. The van der Waals surface area contributed by atoms with Crippen LogP contribution < -0.4 is 5.32 Å². The maximum atomic E-state index is 8.94. The van der Waals surface area contributed by atoms with Gasteiger partial charge in [0, 0.05) is 4.90 Å². The lowest BCUT2D eigenvalue weighted by atomic mass is 10.3. The monoisotopic (exact) mass is 220 g/mol. The van der Waals surface area contributed by atoms with Crippen LogP contribution in [0.2, 0.25) is 0 Å². The van der Waals surface area contributed by atoms with Gasteiger partial charge in [0.1, 0.15) is 11.0 Å². The lowest BCUT2D eigenvalue weighted by Crippen LogP contribution is -2.03. The zero-order chi connectivity index (χ0) is 9.97. The summed E-state index contributed by atoms with van der Waals surface area (Å²) in [6, 6.07) is 10.2. The van der Waals surface area contributed by atoms with Crippen LogP contribution in [0.5, 0.6) is 0 Å². The number of thioether (sulfide) groups is 2. The Labute approximate surface area is 91.4 Å². The van der Waals surface area contributed by atoms with Crippen LogP contribution in [0.4, 0.5) is 5.69 Å². The smallest absolute Gasteiger partial charge is 0.120 e. The largest absolute Gasteiger partial charge is 0.348 e. The molecule has 0 amide bonds. The van der Waals surface area contributed by atoms with Crippen molar-refractivity contribution in [1.29, 1.82) is 5.26 Å². The second kappa shape index (κ2) is 3.99. The fourth-order valence-electron chi connectivity index (χ4n) is 1.21. The van der Waals surface area contributed by atoms with Crippen LogP contribution in [0.3, 0.4) is 0 Å². The average molecular weight is 220 g/mol. The molecule has 0 saturated heterocycles. The summed E-state index contributed by atoms with van der Waals surface area (Å²) >= 11 is 3.09. The van der Waals surface area contributed by atoms with E-state index in [1.807, 2.05) is 30.5 Å². The van der Waals surface area contributed by atoms with Gasteiger partial charge in [-0.25, -0.2) is 0 Å². The first kappa shape index (κ1) is 9.50. The zero-order valence-corrected chi connectivity index (χ0v) is 9.21. The molecule has 2 nitrogen and oxygen atoms in total. The summed E-state index contributed by atoms with van der Waals surface area (Å²) in [5.41, 5.74) is 1.08. The van der Waals surface area contributed by atoms with Gasteiger partial charge in [0.15, 0.2) is 0 Å². The minimum atomic E-state index is 0.746. The molecule has 0 aromatic heterocycles. The van der Waals surface area contributed by atoms with Crippen molar-refractivity contribution < 1.29 is 0 Å². The Morgan fingerprint density at radius 2 is 2.21 bits per heavy atom. The minimum Gasteiger partial charge on any atom is -0.348 e. The van der Waals surface area contributed by atoms with Gasteiger partial charge in [-0.05, 0) is 18.4 Å². The number of hydrogen-bond acceptors (Lipinski definition) is 4. The second-order valence-corrected chi connectivity index (χ2v) is 4.57. The van der Waals surface area contributed by atoms with Crippen molar-refractivity contribution in [3.8, 4) is 6.07 Å². The number of nitrogens with one attached hydrogen (secondary N) is 1. The molecular formula is C10H8N2S2. The molecular weight excluding hydrogens is 212 g/mol. The molecule has 1 aliphatic heterocycles. The predicted molar refractivity (Wildman–Crippen MR) is 62.1 cm³/mol. The lowest BCUT2D eigenvalue weighted by molar-refractivity contribution is 1.38. The topological polar surface area (TPSA) is 35.8 Å². The number of benzene rings is 1. The highest BCUT2D eigenvalue weighted by Crippen LogP contribution is 2.41. The van der Waals surface area contributed by atoms with Gasteiger partial charge >= 0.3 is 0 Å². The van der Waals surface area contributed by atoms with Crippen molar-refractivity contribution in [3.63, 3.8) is 0 Å². The Bertz CT molecular complexity index is 432. The van der Waals surface area contributed by atoms with E-state index >= 15 is 0 Å². The van der Waals surface area contributed by atoms with Crippen molar-refractivity contribution in [1.82, 2.24) is 0 Å². The summed E-state index contributed by atoms with van der Waals surface area (Å²) in [4.78, 5) is 1.86. The first-order chi connectivity index (χ1) is 6.85. The van der Waals surface area contributed by atoms with Gasteiger partial charge in [-0.15, -0.1) is 11.8 Å². The van der Waals surface area contributed by atoms with Crippen molar-refractivity contribution in [2.24, 2.45) is 0 Å². The number of para-hydroxylation sites is 1. The van der Waals surface area contributed by atoms with Gasteiger partial charge < -0.3 is 5.32 Å². The molecule has 1 heterocycles. The molecule has 14 heavy (non-hydrogen) atoms. The van der Waals surface area contributed by atoms with Crippen LogP contribution in [-0.4, -0.2) is 6.26 Å². The van der Waals surface area contributed by atoms with Crippen molar-refractivity contribution >= 4 is 29.2 Å². The fourth-order valence-corrected chi connectivity index (χ4v) is 2.81. The molecule has 4 heteroatoms. The molecule has 0 unspecified atom stereocenters. The van der Waals surface area contributed by atoms with Crippen LogP contribution in [0, 0.1) is 11.3 Å². The molecule has 70 valence electrons. The third kappa shape index (κ3) is 1.61. The predicted octanol–water partition coefficient (Wildman–Crippen LogP) is 3.26. The summed E-state index contributed by atoms with van der Waals surface area (Å²) in [5, 5.41) is 13.1. The van der Waals surface area contributed by atoms with E-state index in [9.17, 15) is 0 Å². The van der Waals surface area contributed by atoms with E-state index in [1.54, 1.807) is 11.8 Å². The zero-order valence-electron chi connectivity index (χ0n) is 7.57. The summed E-state index contributed by atoms with van der Waals surface area (Å²) in [7, 11) is 0. The summed E-state index contributed by atoms with van der Waals surface area (Å²) in [6.07, 6.45) is 1.97. The molecule has 2 rings (SSSR count). The van der Waals surface area contributed by atoms with Crippen molar-refractivity contribution in [3.05, 3.63) is 34.2 Å². The van der Waals surface area contributed by atoms with E-state index in [4.69, 9.17) is 5.26 Å².